The number of halogens is 1. The van der Waals surface area contributed by atoms with Crippen molar-refractivity contribution in [2.75, 3.05) is 24.5 Å². The predicted octanol–water partition coefficient (Wildman–Crippen LogP) is 3.18. The van der Waals surface area contributed by atoms with Gasteiger partial charge in [-0.25, -0.2) is 9.18 Å². The normalized spacial score (nSPS) is 18.5. The fourth-order valence-corrected chi connectivity index (χ4v) is 2.69. The van der Waals surface area contributed by atoms with E-state index < -0.39 is 22.4 Å². The van der Waals surface area contributed by atoms with Gasteiger partial charge in [0.05, 0.1) is 11.0 Å². The average molecular weight is 339 g/mol. The highest BCUT2D eigenvalue weighted by Gasteiger charge is 2.32. The number of piperazine rings is 1. The molecule has 1 aromatic carbocycles. The minimum absolute atomic E-state index is 0.157. The molecule has 0 saturated carbocycles. The lowest BCUT2D eigenvalue weighted by atomic mass is 10.1. The van der Waals surface area contributed by atoms with Crippen molar-refractivity contribution in [2.24, 2.45) is 0 Å². The molecule has 0 spiro atoms. The Bertz CT molecular complexity index is 645. The SMILES string of the molecule is C[C@H]1CN(C(=O)OC(C)(C)C)CCN1c1ccc(F)cc1[N+](=O)[O-]. The molecule has 24 heavy (non-hydrogen) atoms. The van der Waals surface area contributed by atoms with Crippen LogP contribution in [0.2, 0.25) is 0 Å². The van der Waals surface area contributed by atoms with Crippen LogP contribution in [0, 0.1) is 15.9 Å². The van der Waals surface area contributed by atoms with Gasteiger partial charge in [0, 0.05) is 25.7 Å². The van der Waals surface area contributed by atoms with Crippen LogP contribution < -0.4 is 4.90 Å². The number of rotatable bonds is 2. The summed E-state index contributed by atoms with van der Waals surface area (Å²) in [4.78, 5) is 26.1. The van der Waals surface area contributed by atoms with E-state index in [2.05, 4.69) is 0 Å². The Balaban J connectivity index is 2.15. The summed E-state index contributed by atoms with van der Waals surface area (Å²) >= 11 is 0. The largest absolute Gasteiger partial charge is 0.444 e. The minimum Gasteiger partial charge on any atom is -0.444 e. The van der Waals surface area contributed by atoms with Gasteiger partial charge in [0.2, 0.25) is 0 Å². The Kier molecular flexibility index (Phi) is 4.96. The highest BCUT2D eigenvalue weighted by Crippen LogP contribution is 2.31. The van der Waals surface area contributed by atoms with E-state index in [9.17, 15) is 19.3 Å². The van der Waals surface area contributed by atoms with Crippen LogP contribution in [0.1, 0.15) is 27.7 Å². The van der Waals surface area contributed by atoms with Gasteiger partial charge < -0.3 is 14.5 Å². The highest BCUT2D eigenvalue weighted by molar-refractivity contribution is 5.70. The van der Waals surface area contributed by atoms with Crippen molar-refractivity contribution >= 4 is 17.5 Å². The van der Waals surface area contributed by atoms with E-state index in [1.807, 2.05) is 11.8 Å². The van der Waals surface area contributed by atoms with Gasteiger partial charge >= 0.3 is 6.09 Å². The summed E-state index contributed by atoms with van der Waals surface area (Å²) in [6.45, 7) is 8.43. The molecular weight excluding hydrogens is 317 g/mol. The molecule has 1 aliphatic heterocycles. The number of nitrogens with zero attached hydrogens (tertiary/aromatic N) is 3. The topological polar surface area (TPSA) is 75.9 Å². The number of hydrogen-bond donors (Lipinski definition) is 0. The van der Waals surface area contributed by atoms with Gasteiger partial charge in [-0.05, 0) is 39.8 Å². The molecule has 1 amide bonds. The first-order valence-electron chi connectivity index (χ1n) is 7.77. The Morgan fingerprint density at radius 2 is 2.04 bits per heavy atom. The first kappa shape index (κ1) is 18.0. The van der Waals surface area contributed by atoms with Crippen molar-refractivity contribution in [3.63, 3.8) is 0 Å². The van der Waals surface area contributed by atoms with Gasteiger partial charge in [-0.1, -0.05) is 0 Å². The third-order valence-corrected chi connectivity index (χ3v) is 3.72. The van der Waals surface area contributed by atoms with Gasteiger partial charge in [0.25, 0.3) is 5.69 Å². The lowest BCUT2D eigenvalue weighted by molar-refractivity contribution is -0.384. The van der Waals surface area contributed by atoms with E-state index >= 15 is 0 Å². The molecule has 0 radical (unpaired) electrons. The van der Waals surface area contributed by atoms with Crippen LogP contribution in [0.25, 0.3) is 0 Å². The number of carbonyl (C=O) groups excluding carboxylic acids is 1. The van der Waals surface area contributed by atoms with E-state index in [1.165, 1.54) is 12.1 Å². The summed E-state index contributed by atoms with van der Waals surface area (Å²) in [5.74, 6) is -0.648. The van der Waals surface area contributed by atoms with Gasteiger partial charge in [-0.2, -0.15) is 0 Å². The van der Waals surface area contributed by atoms with Gasteiger partial charge in [-0.15, -0.1) is 0 Å². The lowest BCUT2D eigenvalue weighted by Gasteiger charge is -2.41. The number of carbonyl (C=O) groups is 1. The average Bonchev–Trinajstić information content (AvgIpc) is 2.45. The second-order valence-corrected chi connectivity index (χ2v) is 6.86. The summed E-state index contributed by atoms with van der Waals surface area (Å²) in [5, 5.41) is 11.2. The molecule has 7 nitrogen and oxygen atoms in total. The zero-order valence-corrected chi connectivity index (χ0v) is 14.3. The molecule has 0 bridgehead atoms. The molecule has 2 rings (SSSR count). The smallest absolute Gasteiger partial charge is 0.410 e. The fourth-order valence-electron chi connectivity index (χ4n) is 2.69. The maximum atomic E-state index is 13.3. The van der Waals surface area contributed by atoms with Crippen molar-refractivity contribution < 1.29 is 18.8 Å². The second kappa shape index (κ2) is 6.62. The van der Waals surface area contributed by atoms with E-state index in [-0.39, 0.29) is 11.7 Å². The van der Waals surface area contributed by atoms with Crippen molar-refractivity contribution in [1.82, 2.24) is 4.90 Å². The van der Waals surface area contributed by atoms with E-state index in [0.717, 1.165) is 6.07 Å². The summed E-state index contributed by atoms with van der Waals surface area (Å²) in [5.41, 5.74) is -0.488. The summed E-state index contributed by atoms with van der Waals surface area (Å²) in [6.07, 6.45) is -0.400. The van der Waals surface area contributed by atoms with Gasteiger partial charge in [0.1, 0.15) is 17.1 Å². The number of benzene rings is 1. The Morgan fingerprint density at radius 1 is 1.38 bits per heavy atom. The zero-order valence-electron chi connectivity index (χ0n) is 14.3. The molecule has 1 aliphatic rings. The number of nitro groups is 1. The predicted molar refractivity (Wildman–Crippen MR) is 87.7 cm³/mol. The molecular formula is C16H22FN3O4. The van der Waals surface area contributed by atoms with Crippen molar-refractivity contribution in [2.45, 2.75) is 39.3 Å². The van der Waals surface area contributed by atoms with Crippen LogP contribution in [-0.4, -0.2) is 47.2 Å². The number of ether oxygens (including phenoxy) is 1. The van der Waals surface area contributed by atoms with E-state index in [1.54, 1.807) is 25.7 Å². The van der Waals surface area contributed by atoms with Crippen molar-refractivity contribution in [1.29, 1.82) is 0 Å². The number of amides is 1. The van der Waals surface area contributed by atoms with Gasteiger partial charge in [-0.3, -0.25) is 10.1 Å². The maximum absolute atomic E-state index is 13.3. The molecule has 1 saturated heterocycles. The quantitative estimate of drug-likeness (QED) is 0.611. The molecule has 0 aliphatic carbocycles. The van der Waals surface area contributed by atoms with E-state index in [4.69, 9.17) is 4.74 Å². The van der Waals surface area contributed by atoms with Crippen LogP contribution >= 0.6 is 0 Å². The van der Waals surface area contributed by atoms with Crippen LogP contribution in [0.5, 0.6) is 0 Å². The first-order chi connectivity index (χ1) is 11.1. The molecule has 1 atom stereocenters. The first-order valence-corrected chi connectivity index (χ1v) is 7.77. The third-order valence-electron chi connectivity index (χ3n) is 3.72. The summed E-state index contributed by atoms with van der Waals surface area (Å²) in [7, 11) is 0. The standard InChI is InChI=1S/C16H22FN3O4/c1-11-10-18(15(21)24-16(2,3)4)7-8-19(11)13-6-5-12(17)9-14(13)20(22)23/h5-6,9,11H,7-8,10H2,1-4H3/t11-/m0/s1. The molecule has 132 valence electrons. The molecule has 1 aromatic rings. The van der Waals surface area contributed by atoms with Crippen LogP contribution in [0.4, 0.5) is 20.6 Å². The van der Waals surface area contributed by atoms with Crippen LogP contribution in [0.15, 0.2) is 18.2 Å². The molecule has 0 unspecified atom stereocenters. The van der Waals surface area contributed by atoms with Crippen LogP contribution in [-0.2, 0) is 4.74 Å². The minimum atomic E-state index is -0.648. The van der Waals surface area contributed by atoms with Gasteiger partial charge in [0.15, 0.2) is 0 Å². The number of anilines is 1. The Hall–Kier alpha value is -2.38. The highest BCUT2D eigenvalue weighted by atomic mass is 19.1. The number of hydrogen-bond acceptors (Lipinski definition) is 5. The van der Waals surface area contributed by atoms with Crippen LogP contribution in [0.3, 0.4) is 0 Å². The third kappa shape index (κ3) is 4.12. The number of nitro benzene ring substituents is 1. The molecule has 0 N–H and O–H groups in total. The zero-order chi connectivity index (χ0) is 18.1. The molecule has 0 aromatic heterocycles. The maximum Gasteiger partial charge on any atom is 0.410 e. The second-order valence-electron chi connectivity index (χ2n) is 6.86. The molecule has 1 heterocycles. The molecule has 1 fully saturated rings. The van der Waals surface area contributed by atoms with Crippen molar-refractivity contribution in [3.05, 3.63) is 34.1 Å². The monoisotopic (exact) mass is 339 g/mol. The molecule has 8 heteroatoms. The fraction of sp³-hybridized carbons (Fsp3) is 0.562. The Morgan fingerprint density at radius 3 is 2.58 bits per heavy atom. The lowest BCUT2D eigenvalue weighted by Crippen LogP contribution is -2.54. The summed E-state index contributed by atoms with van der Waals surface area (Å²) in [6, 6.07) is 3.38. The Labute approximate surface area is 140 Å². The van der Waals surface area contributed by atoms with E-state index in [0.29, 0.717) is 25.3 Å². The van der Waals surface area contributed by atoms with Crippen molar-refractivity contribution in [3.8, 4) is 0 Å². The summed E-state index contributed by atoms with van der Waals surface area (Å²) < 4.78 is 18.7.